The van der Waals surface area contributed by atoms with E-state index in [1.54, 1.807) is 6.07 Å². The second-order valence-electron chi connectivity index (χ2n) is 5.41. The maximum atomic E-state index is 13.3. The highest BCUT2D eigenvalue weighted by Crippen LogP contribution is 2.37. The summed E-state index contributed by atoms with van der Waals surface area (Å²) in [5, 5.41) is 0. The number of benzene rings is 2. The van der Waals surface area contributed by atoms with Crippen molar-refractivity contribution in [1.82, 2.24) is 4.90 Å². The Hall–Kier alpha value is -1.52. The molecule has 1 aliphatic rings. The van der Waals surface area contributed by atoms with Gasteiger partial charge < -0.3 is 4.79 Å². The summed E-state index contributed by atoms with van der Waals surface area (Å²) in [5.41, 5.74) is 4.24. The van der Waals surface area contributed by atoms with Gasteiger partial charge in [-0.3, -0.25) is 4.90 Å². The van der Waals surface area contributed by atoms with Crippen LogP contribution in [0.2, 0.25) is 0 Å². The summed E-state index contributed by atoms with van der Waals surface area (Å²) < 4.78 is 14.3. The number of rotatable bonds is 3. The Bertz CT molecular complexity index is 701. The Morgan fingerprint density at radius 3 is 2.90 bits per heavy atom. The number of aryl methyl sites for hydroxylation is 1. The fourth-order valence-corrected chi connectivity index (χ4v) is 3.68. The number of halogens is 2. The maximum absolute atomic E-state index is 13.3. The van der Waals surface area contributed by atoms with Gasteiger partial charge in [0.1, 0.15) is 12.1 Å². The minimum absolute atomic E-state index is 0.245. The van der Waals surface area contributed by atoms with Crippen molar-refractivity contribution >= 4 is 22.2 Å². The van der Waals surface area contributed by atoms with Crippen LogP contribution in [0.3, 0.4) is 0 Å². The molecule has 1 heterocycles. The number of hydrogen-bond donors (Lipinski definition) is 0. The Morgan fingerprint density at radius 1 is 1.38 bits per heavy atom. The van der Waals surface area contributed by atoms with Crippen LogP contribution in [-0.2, 0) is 17.9 Å². The largest absolute Gasteiger partial charge is 0.301 e. The third-order valence-electron chi connectivity index (χ3n) is 3.90. The van der Waals surface area contributed by atoms with Crippen molar-refractivity contribution < 1.29 is 9.18 Å². The Kier molecular flexibility index (Phi) is 3.91. The molecule has 0 aliphatic carbocycles. The lowest BCUT2D eigenvalue weighted by Gasteiger charge is -2.21. The van der Waals surface area contributed by atoms with Crippen LogP contribution in [-0.4, -0.2) is 11.2 Å². The van der Waals surface area contributed by atoms with Gasteiger partial charge in [-0.1, -0.05) is 28.1 Å². The van der Waals surface area contributed by atoms with E-state index in [4.69, 9.17) is 0 Å². The molecule has 0 N–H and O–H groups in total. The van der Waals surface area contributed by atoms with Gasteiger partial charge in [0.05, 0.1) is 6.04 Å². The number of hydrogen-bond acceptors (Lipinski definition) is 2. The standard InChI is InChI=1S/C17H15BrFNO/c1-11-5-14(18)7-13-9-20(16(10-21)17(11)13)8-12-3-2-4-15(19)6-12/h2-7,10,16H,8-9H2,1H3. The predicted molar refractivity (Wildman–Crippen MR) is 83.3 cm³/mol. The van der Waals surface area contributed by atoms with E-state index in [-0.39, 0.29) is 11.9 Å². The number of aldehydes is 1. The fourth-order valence-electron chi connectivity index (χ4n) is 3.06. The zero-order chi connectivity index (χ0) is 15.0. The summed E-state index contributed by atoms with van der Waals surface area (Å²) >= 11 is 3.50. The molecule has 1 atom stereocenters. The molecule has 0 aromatic heterocycles. The lowest BCUT2D eigenvalue weighted by molar-refractivity contribution is -0.112. The Labute approximate surface area is 131 Å². The molecule has 0 amide bonds. The molecule has 3 rings (SSSR count). The van der Waals surface area contributed by atoms with Gasteiger partial charge in [-0.2, -0.15) is 0 Å². The second-order valence-corrected chi connectivity index (χ2v) is 6.33. The summed E-state index contributed by atoms with van der Waals surface area (Å²) in [5.74, 6) is -0.245. The van der Waals surface area contributed by atoms with E-state index < -0.39 is 0 Å². The molecule has 1 unspecified atom stereocenters. The fraction of sp³-hybridized carbons (Fsp3) is 0.235. The van der Waals surface area contributed by atoms with Crippen molar-refractivity contribution in [2.75, 3.05) is 0 Å². The van der Waals surface area contributed by atoms with Crippen molar-refractivity contribution in [2.45, 2.75) is 26.1 Å². The van der Waals surface area contributed by atoms with Gasteiger partial charge in [0.15, 0.2) is 0 Å². The number of nitrogens with zero attached hydrogens (tertiary/aromatic N) is 1. The lowest BCUT2D eigenvalue weighted by Crippen LogP contribution is -2.23. The lowest BCUT2D eigenvalue weighted by atomic mass is 10.00. The second kappa shape index (κ2) is 5.70. The topological polar surface area (TPSA) is 20.3 Å². The summed E-state index contributed by atoms with van der Waals surface area (Å²) in [7, 11) is 0. The van der Waals surface area contributed by atoms with Gasteiger partial charge in [0.2, 0.25) is 0 Å². The van der Waals surface area contributed by atoms with Crippen molar-refractivity contribution in [3.8, 4) is 0 Å². The van der Waals surface area contributed by atoms with Gasteiger partial charge >= 0.3 is 0 Å². The van der Waals surface area contributed by atoms with E-state index in [1.165, 1.54) is 12.1 Å². The van der Waals surface area contributed by atoms with Crippen LogP contribution in [0.15, 0.2) is 40.9 Å². The molecule has 0 radical (unpaired) electrons. The minimum atomic E-state index is -0.253. The number of carbonyl (C=O) groups is 1. The monoisotopic (exact) mass is 347 g/mol. The first-order valence-corrected chi connectivity index (χ1v) is 7.60. The minimum Gasteiger partial charge on any atom is -0.301 e. The van der Waals surface area contributed by atoms with Crippen molar-refractivity contribution in [3.63, 3.8) is 0 Å². The molecule has 0 fully saturated rings. The Balaban J connectivity index is 1.92. The summed E-state index contributed by atoms with van der Waals surface area (Å²) in [6.07, 6.45) is 0.978. The zero-order valence-corrected chi connectivity index (χ0v) is 13.2. The Morgan fingerprint density at radius 2 is 2.19 bits per heavy atom. The molecule has 1 aliphatic heterocycles. The first kappa shape index (κ1) is 14.4. The molecule has 2 nitrogen and oxygen atoms in total. The molecule has 0 saturated heterocycles. The molecular weight excluding hydrogens is 333 g/mol. The highest BCUT2D eigenvalue weighted by atomic mass is 79.9. The molecule has 2 aromatic rings. The SMILES string of the molecule is Cc1cc(Br)cc2c1C(C=O)N(Cc1cccc(F)c1)C2. The average molecular weight is 348 g/mol. The summed E-state index contributed by atoms with van der Waals surface area (Å²) in [6, 6.07) is 10.4. The first-order valence-electron chi connectivity index (χ1n) is 6.81. The molecule has 0 bridgehead atoms. The van der Waals surface area contributed by atoms with Crippen LogP contribution in [0.25, 0.3) is 0 Å². The van der Waals surface area contributed by atoms with E-state index in [0.717, 1.165) is 33.0 Å². The van der Waals surface area contributed by atoms with Crippen LogP contribution < -0.4 is 0 Å². The van der Waals surface area contributed by atoms with E-state index in [1.807, 2.05) is 19.1 Å². The molecule has 21 heavy (non-hydrogen) atoms. The highest BCUT2D eigenvalue weighted by Gasteiger charge is 2.31. The highest BCUT2D eigenvalue weighted by molar-refractivity contribution is 9.10. The molecule has 0 spiro atoms. The van der Waals surface area contributed by atoms with Crippen molar-refractivity contribution in [3.05, 3.63) is 68.9 Å². The van der Waals surface area contributed by atoms with Crippen molar-refractivity contribution in [1.29, 1.82) is 0 Å². The summed E-state index contributed by atoms with van der Waals surface area (Å²) in [4.78, 5) is 13.6. The van der Waals surface area contributed by atoms with Gasteiger partial charge in [0.25, 0.3) is 0 Å². The third kappa shape index (κ3) is 2.78. The van der Waals surface area contributed by atoms with Crippen LogP contribution in [0.5, 0.6) is 0 Å². The van der Waals surface area contributed by atoms with Gasteiger partial charge in [0, 0.05) is 17.6 Å². The average Bonchev–Trinajstić information content (AvgIpc) is 2.76. The quantitative estimate of drug-likeness (QED) is 0.777. The predicted octanol–water partition coefficient (Wildman–Crippen LogP) is 4.15. The number of fused-ring (bicyclic) bond motifs is 1. The van der Waals surface area contributed by atoms with Crippen LogP contribution in [0.4, 0.5) is 4.39 Å². The first-order chi connectivity index (χ1) is 10.1. The smallest absolute Gasteiger partial charge is 0.141 e. The molecule has 108 valence electrons. The normalized spacial score (nSPS) is 17.8. The molecule has 0 saturated carbocycles. The van der Waals surface area contributed by atoms with E-state index >= 15 is 0 Å². The molecule has 2 aromatic carbocycles. The van der Waals surface area contributed by atoms with E-state index in [2.05, 4.69) is 26.9 Å². The van der Waals surface area contributed by atoms with Crippen molar-refractivity contribution in [2.24, 2.45) is 0 Å². The van der Waals surface area contributed by atoms with Gasteiger partial charge in [-0.15, -0.1) is 0 Å². The van der Waals surface area contributed by atoms with Crippen LogP contribution in [0, 0.1) is 12.7 Å². The summed E-state index contributed by atoms with van der Waals surface area (Å²) in [6.45, 7) is 3.29. The van der Waals surface area contributed by atoms with Gasteiger partial charge in [-0.05, 0) is 53.4 Å². The zero-order valence-electron chi connectivity index (χ0n) is 11.6. The molecular formula is C17H15BrFNO. The van der Waals surface area contributed by atoms with E-state index in [0.29, 0.717) is 13.1 Å². The third-order valence-corrected chi connectivity index (χ3v) is 4.36. The van der Waals surface area contributed by atoms with Gasteiger partial charge in [-0.25, -0.2) is 4.39 Å². The van der Waals surface area contributed by atoms with Crippen LogP contribution >= 0.6 is 15.9 Å². The number of carbonyl (C=O) groups excluding carboxylic acids is 1. The van der Waals surface area contributed by atoms with E-state index in [9.17, 15) is 9.18 Å². The maximum Gasteiger partial charge on any atom is 0.141 e. The van der Waals surface area contributed by atoms with Crippen LogP contribution in [0.1, 0.15) is 28.3 Å². The molecule has 4 heteroatoms.